The second-order valence-electron chi connectivity index (χ2n) is 4.92. The molecule has 3 N–H and O–H groups in total. The smallest absolute Gasteiger partial charge is 0.0624 e. The van der Waals surface area contributed by atoms with E-state index in [2.05, 4.69) is 40.1 Å². The second kappa shape index (κ2) is 7.17. The highest BCUT2D eigenvalue weighted by Crippen LogP contribution is 2.11. The number of aromatic nitrogens is 3. The number of nitrogens with two attached hydrogens (primary N) is 1. The van der Waals surface area contributed by atoms with E-state index in [1.54, 1.807) is 0 Å². The molecule has 20 heavy (non-hydrogen) atoms. The van der Waals surface area contributed by atoms with Crippen molar-refractivity contribution in [3.8, 4) is 0 Å². The Morgan fingerprint density at radius 2 is 2.00 bits per heavy atom. The lowest BCUT2D eigenvalue weighted by atomic mass is 10.0. The van der Waals surface area contributed by atoms with Crippen LogP contribution in [0.3, 0.4) is 0 Å². The lowest BCUT2D eigenvalue weighted by Gasteiger charge is -2.16. The van der Waals surface area contributed by atoms with E-state index in [1.807, 2.05) is 24.5 Å². The SMILES string of the molecule is CCc1cc(CC(Cc2ccncc2)NN)n(CC)n1. The molecule has 2 rings (SSSR count). The average Bonchev–Trinajstić information content (AvgIpc) is 2.89. The largest absolute Gasteiger partial charge is 0.271 e. The van der Waals surface area contributed by atoms with Crippen LogP contribution in [0.5, 0.6) is 0 Å². The van der Waals surface area contributed by atoms with Gasteiger partial charge in [-0.15, -0.1) is 0 Å². The molecule has 0 radical (unpaired) electrons. The zero-order chi connectivity index (χ0) is 14.4. The normalized spacial score (nSPS) is 12.6. The Kier molecular flexibility index (Phi) is 5.26. The van der Waals surface area contributed by atoms with E-state index in [9.17, 15) is 0 Å². The lowest BCUT2D eigenvalue weighted by molar-refractivity contribution is 0.495. The van der Waals surface area contributed by atoms with E-state index < -0.39 is 0 Å². The van der Waals surface area contributed by atoms with Crippen LogP contribution in [-0.4, -0.2) is 20.8 Å². The van der Waals surface area contributed by atoms with Gasteiger partial charge in [-0.2, -0.15) is 5.10 Å². The molecule has 2 heterocycles. The van der Waals surface area contributed by atoms with Gasteiger partial charge in [0, 0.05) is 37.1 Å². The Balaban J connectivity index is 2.08. The second-order valence-corrected chi connectivity index (χ2v) is 4.92. The fourth-order valence-corrected chi connectivity index (χ4v) is 2.37. The number of hydrogen-bond donors (Lipinski definition) is 2. The van der Waals surface area contributed by atoms with Crippen molar-refractivity contribution in [2.75, 3.05) is 0 Å². The van der Waals surface area contributed by atoms with E-state index in [4.69, 9.17) is 5.84 Å². The summed E-state index contributed by atoms with van der Waals surface area (Å²) in [7, 11) is 0. The van der Waals surface area contributed by atoms with Crippen LogP contribution < -0.4 is 11.3 Å². The molecular formula is C15H23N5. The summed E-state index contributed by atoms with van der Waals surface area (Å²) in [6.45, 7) is 5.13. The van der Waals surface area contributed by atoms with Gasteiger partial charge in [0.25, 0.3) is 0 Å². The summed E-state index contributed by atoms with van der Waals surface area (Å²) in [4.78, 5) is 4.04. The fourth-order valence-electron chi connectivity index (χ4n) is 2.37. The third kappa shape index (κ3) is 3.65. The number of nitrogens with one attached hydrogen (secondary N) is 1. The summed E-state index contributed by atoms with van der Waals surface area (Å²) in [6, 6.07) is 6.43. The van der Waals surface area contributed by atoms with Gasteiger partial charge in [-0.1, -0.05) is 6.92 Å². The molecule has 2 aromatic heterocycles. The third-order valence-corrected chi connectivity index (χ3v) is 3.50. The van der Waals surface area contributed by atoms with Crippen molar-refractivity contribution in [2.24, 2.45) is 5.84 Å². The van der Waals surface area contributed by atoms with E-state index in [0.29, 0.717) is 0 Å². The summed E-state index contributed by atoms with van der Waals surface area (Å²) >= 11 is 0. The van der Waals surface area contributed by atoms with Crippen LogP contribution in [0.25, 0.3) is 0 Å². The minimum Gasteiger partial charge on any atom is -0.271 e. The molecule has 0 aromatic carbocycles. The Morgan fingerprint density at radius 3 is 2.60 bits per heavy atom. The van der Waals surface area contributed by atoms with Crippen LogP contribution in [0.2, 0.25) is 0 Å². The highest BCUT2D eigenvalue weighted by atomic mass is 15.3. The molecule has 1 atom stereocenters. The highest BCUT2D eigenvalue weighted by molar-refractivity contribution is 5.15. The number of hydrogen-bond acceptors (Lipinski definition) is 4. The first-order valence-corrected chi connectivity index (χ1v) is 7.17. The molecule has 0 spiro atoms. The Morgan fingerprint density at radius 1 is 1.25 bits per heavy atom. The molecule has 0 aliphatic heterocycles. The van der Waals surface area contributed by atoms with Crippen LogP contribution in [-0.2, 0) is 25.8 Å². The fraction of sp³-hybridized carbons (Fsp3) is 0.467. The molecule has 0 fully saturated rings. The molecule has 0 aliphatic carbocycles. The number of aryl methyl sites for hydroxylation is 2. The van der Waals surface area contributed by atoms with Crippen LogP contribution in [0.1, 0.15) is 30.8 Å². The molecule has 0 amide bonds. The van der Waals surface area contributed by atoms with E-state index in [1.165, 1.54) is 11.3 Å². The standard InChI is InChI=1S/C15H23N5/c1-3-13-10-15(20(4-2)19-13)11-14(18-16)9-12-5-7-17-8-6-12/h5-8,10,14,18H,3-4,9,11,16H2,1-2H3. The summed E-state index contributed by atoms with van der Waals surface area (Å²) in [6.07, 6.45) is 6.35. The van der Waals surface area contributed by atoms with Gasteiger partial charge in [0.05, 0.1) is 5.69 Å². The van der Waals surface area contributed by atoms with Gasteiger partial charge in [0.1, 0.15) is 0 Å². The van der Waals surface area contributed by atoms with Crippen LogP contribution in [0.4, 0.5) is 0 Å². The molecule has 5 nitrogen and oxygen atoms in total. The van der Waals surface area contributed by atoms with Gasteiger partial charge < -0.3 is 0 Å². The van der Waals surface area contributed by atoms with Crippen molar-refractivity contribution in [1.29, 1.82) is 0 Å². The zero-order valence-corrected chi connectivity index (χ0v) is 12.2. The minimum absolute atomic E-state index is 0.198. The first-order valence-electron chi connectivity index (χ1n) is 7.17. The van der Waals surface area contributed by atoms with E-state index in [-0.39, 0.29) is 6.04 Å². The predicted octanol–water partition coefficient (Wildman–Crippen LogP) is 1.48. The van der Waals surface area contributed by atoms with Crippen molar-refractivity contribution in [3.63, 3.8) is 0 Å². The van der Waals surface area contributed by atoms with Gasteiger partial charge in [-0.3, -0.25) is 20.9 Å². The highest BCUT2D eigenvalue weighted by Gasteiger charge is 2.13. The Bertz CT molecular complexity index is 520. The first-order chi connectivity index (χ1) is 9.76. The van der Waals surface area contributed by atoms with Gasteiger partial charge in [-0.05, 0) is 43.5 Å². The quantitative estimate of drug-likeness (QED) is 0.592. The first kappa shape index (κ1) is 14.7. The summed E-state index contributed by atoms with van der Waals surface area (Å²) in [5.41, 5.74) is 6.53. The maximum Gasteiger partial charge on any atom is 0.0624 e. The molecule has 5 heteroatoms. The van der Waals surface area contributed by atoms with Gasteiger partial charge in [0.2, 0.25) is 0 Å². The van der Waals surface area contributed by atoms with Crippen LogP contribution in [0, 0.1) is 0 Å². The van der Waals surface area contributed by atoms with Gasteiger partial charge in [0.15, 0.2) is 0 Å². The molecule has 2 aromatic rings. The lowest BCUT2D eigenvalue weighted by Crippen LogP contribution is -2.39. The van der Waals surface area contributed by atoms with Crippen molar-refractivity contribution < 1.29 is 0 Å². The molecule has 108 valence electrons. The van der Waals surface area contributed by atoms with Crippen molar-refractivity contribution >= 4 is 0 Å². The molecule has 0 bridgehead atoms. The maximum atomic E-state index is 5.70. The average molecular weight is 273 g/mol. The summed E-state index contributed by atoms with van der Waals surface area (Å²) in [5, 5.41) is 4.58. The van der Waals surface area contributed by atoms with E-state index >= 15 is 0 Å². The molecule has 1 unspecified atom stereocenters. The monoisotopic (exact) mass is 273 g/mol. The maximum absolute atomic E-state index is 5.70. The van der Waals surface area contributed by atoms with Crippen LogP contribution in [0.15, 0.2) is 30.6 Å². The topological polar surface area (TPSA) is 68.8 Å². The van der Waals surface area contributed by atoms with Crippen LogP contribution >= 0.6 is 0 Å². The molecule has 0 saturated carbocycles. The van der Waals surface area contributed by atoms with Gasteiger partial charge in [-0.25, -0.2) is 0 Å². The third-order valence-electron chi connectivity index (χ3n) is 3.50. The number of pyridine rings is 1. The Hall–Kier alpha value is -1.72. The summed E-state index contributed by atoms with van der Waals surface area (Å²) < 4.78 is 2.07. The van der Waals surface area contributed by atoms with Crippen molar-refractivity contribution in [1.82, 2.24) is 20.2 Å². The summed E-state index contributed by atoms with van der Waals surface area (Å²) in [5.74, 6) is 5.70. The van der Waals surface area contributed by atoms with Crippen molar-refractivity contribution in [2.45, 2.75) is 45.7 Å². The van der Waals surface area contributed by atoms with Gasteiger partial charge >= 0.3 is 0 Å². The minimum atomic E-state index is 0.198. The van der Waals surface area contributed by atoms with Crippen molar-refractivity contribution in [3.05, 3.63) is 47.5 Å². The Labute approximate surface area is 120 Å². The number of rotatable bonds is 7. The van der Waals surface area contributed by atoms with E-state index in [0.717, 1.165) is 31.5 Å². The molecular weight excluding hydrogens is 250 g/mol. The number of nitrogens with zero attached hydrogens (tertiary/aromatic N) is 3. The zero-order valence-electron chi connectivity index (χ0n) is 12.2. The molecule has 0 saturated heterocycles. The number of hydrazine groups is 1. The molecule has 0 aliphatic rings. The predicted molar refractivity (Wildman–Crippen MR) is 80.0 cm³/mol.